The summed E-state index contributed by atoms with van der Waals surface area (Å²) in [6, 6.07) is 14.6. The number of guanidine groups is 1. The molecule has 1 aromatic heterocycles. The predicted octanol–water partition coefficient (Wildman–Crippen LogP) is 3.05. The summed E-state index contributed by atoms with van der Waals surface area (Å²) in [5.41, 5.74) is 1.26. The van der Waals surface area contributed by atoms with Crippen molar-refractivity contribution in [2.45, 2.75) is 19.1 Å². The highest BCUT2D eigenvalue weighted by atomic mass is 127. The van der Waals surface area contributed by atoms with E-state index in [1.165, 1.54) is 5.56 Å². The minimum atomic E-state index is 0. The van der Waals surface area contributed by atoms with Gasteiger partial charge in [0.1, 0.15) is 0 Å². The Balaban J connectivity index is 0.00000225. The van der Waals surface area contributed by atoms with Gasteiger partial charge in [-0.1, -0.05) is 30.3 Å². The van der Waals surface area contributed by atoms with Gasteiger partial charge in [-0.05, 0) is 24.1 Å². The lowest BCUT2D eigenvalue weighted by molar-refractivity contribution is 0.0915. The molecule has 2 atom stereocenters. The van der Waals surface area contributed by atoms with Crippen molar-refractivity contribution in [3.63, 3.8) is 0 Å². The van der Waals surface area contributed by atoms with Crippen LogP contribution in [0.2, 0.25) is 0 Å². The second-order valence-corrected chi connectivity index (χ2v) is 6.05. The molecule has 2 aromatic rings. The lowest BCUT2D eigenvalue weighted by Gasteiger charge is -2.21. The number of aromatic nitrogens is 1. The number of aliphatic imine (C=N–C) groups is 1. The summed E-state index contributed by atoms with van der Waals surface area (Å²) in [6.07, 6.45) is 5.39. The van der Waals surface area contributed by atoms with Crippen LogP contribution in [0.4, 0.5) is 0 Å². The van der Waals surface area contributed by atoms with Gasteiger partial charge in [0, 0.05) is 51.6 Å². The summed E-state index contributed by atoms with van der Waals surface area (Å²) < 4.78 is 8.09. The number of benzene rings is 1. The third kappa shape index (κ3) is 5.74. The van der Waals surface area contributed by atoms with E-state index in [4.69, 9.17) is 4.74 Å². The molecule has 2 unspecified atom stereocenters. The van der Waals surface area contributed by atoms with Crippen molar-refractivity contribution in [1.82, 2.24) is 15.2 Å². The van der Waals surface area contributed by atoms with E-state index >= 15 is 0 Å². The van der Waals surface area contributed by atoms with Crippen molar-refractivity contribution in [3.05, 3.63) is 60.4 Å². The van der Waals surface area contributed by atoms with Crippen molar-refractivity contribution in [2.24, 2.45) is 10.9 Å². The Labute approximate surface area is 166 Å². The molecule has 0 saturated carbocycles. The molecule has 136 valence electrons. The molecule has 1 aromatic carbocycles. The van der Waals surface area contributed by atoms with Gasteiger partial charge in [-0.2, -0.15) is 0 Å². The largest absolute Gasteiger partial charge is 0.373 e. The Morgan fingerprint density at radius 2 is 1.92 bits per heavy atom. The number of rotatable bonds is 6. The molecule has 2 heterocycles. The van der Waals surface area contributed by atoms with Crippen molar-refractivity contribution in [3.8, 4) is 0 Å². The maximum atomic E-state index is 5.94. The van der Waals surface area contributed by atoms with Crippen LogP contribution in [-0.2, 0) is 11.3 Å². The Morgan fingerprint density at radius 1 is 1.16 bits per heavy atom. The number of hydrogen-bond acceptors (Lipinski definition) is 2. The maximum absolute atomic E-state index is 5.94. The SMILES string of the molecule is CN=C(NCCn1cccc1)NCC1CCOC1c1ccccc1.I. The van der Waals surface area contributed by atoms with Gasteiger partial charge in [0.25, 0.3) is 0 Å². The quantitative estimate of drug-likeness (QED) is 0.401. The first-order valence-electron chi connectivity index (χ1n) is 8.58. The lowest BCUT2D eigenvalue weighted by Crippen LogP contribution is -2.41. The Kier molecular flexibility index (Phi) is 8.27. The highest BCUT2D eigenvalue weighted by molar-refractivity contribution is 14.0. The fraction of sp³-hybridized carbons (Fsp3) is 0.421. The molecule has 1 aliphatic rings. The monoisotopic (exact) mass is 454 g/mol. The zero-order chi connectivity index (χ0) is 16.6. The molecule has 0 radical (unpaired) electrons. The molecule has 0 amide bonds. The Morgan fingerprint density at radius 3 is 2.64 bits per heavy atom. The standard InChI is InChI=1S/C19H26N4O.HI/c1-20-19(21-10-13-23-11-5-6-12-23)22-15-17-9-14-24-18(17)16-7-3-2-4-8-16;/h2-8,11-12,17-18H,9-10,13-15H2,1H3,(H2,20,21,22);1H. The smallest absolute Gasteiger partial charge is 0.191 e. The zero-order valence-electron chi connectivity index (χ0n) is 14.6. The molecule has 6 heteroatoms. The molecular formula is C19H27IN4O. The third-order valence-electron chi connectivity index (χ3n) is 4.43. The summed E-state index contributed by atoms with van der Waals surface area (Å²) in [7, 11) is 1.81. The second-order valence-electron chi connectivity index (χ2n) is 6.05. The molecular weight excluding hydrogens is 427 g/mol. The predicted molar refractivity (Wildman–Crippen MR) is 112 cm³/mol. The summed E-state index contributed by atoms with van der Waals surface area (Å²) in [5, 5.41) is 6.80. The Bertz CT molecular complexity index is 630. The summed E-state index contributed by atoms with van der Waals surface area (Å²) in [6.45, 7) is 3.46. The summed E-state index contributed by atoms with van der Waals surface area (Å²) >= 11 is 0. The van der Waals surface area contributed by atoms with Crippen molar-refractivity contribution >= 4 is 29.9 Å². The number of halogens is 1. The van der Waals surface area contributed by atoms with Crippen molar-refractivity contribution < 1.29 is 4.74 Å². The van der Waals surface area contributed by atoms with Crippen LogP contribution in [0, 0.1) is 5.92 Å². The van der Waals surface area contributed by atoms with Gasteiger partial charge in [0.05, 0.1) is 6.10 Å². The molecule has 25 heavy (non-hydrogen) atoms. The van der Waals surface area contributed by atoms with Crippen LogP contribution < -0.4 is 10.6 Å². The van der Waals surface area contributed by atoms with Crippen LogP contribution in [0.15, 0.2) is 59.9 Å². The highest BCUT2D eigenvalue weighted by Gasteiger charge is 2.29. The van der Waals surface area contributed by atoms with Crippen LogP contribution in [0.5, 0.6) is 0 Å². The van der Waals surface area contributed by atoms with Crippen LogP contribution in [0.1, 0.15) is 18.1 Å². The molecule has 0 spiro atoms. The molecule has 2 N–H and O–H groups in total. The molecule has 1 fully saturated rings. The van der Waals surface area contributed by atoms with Gasteiger partial charge in [-0.3, -0.25) is 4.99 Å². The topological polar surface area (TPSA) is 50.6 Å². The van der Waals surface area contributed by atoms with Crippen LogP contribution >= 0.6 is 24.0 Å². The van der Waals surface area contributed by atoms with E-state index in [0.29, 0.717) is 5.92 Å². The van der Waals surface area contributed by atoms with E-state index < -0.39 is 0 Å². The molecule has 0 aliphatic carbocycles. The third-order valence-corrected chi connectivity index (χ3v) is 4.43. The zero-order valence-corrected chi connectivity index (χ0v) is 16.9. The summed E-state index contributed by atoms with van der Waals surface area (Å²) in [4.78, 5) is 4.31. The average Bonchev–Trinajstić information content (AvgIpc) is 3.30. The number of nitrogens with zero attached hydrogens (tertiary/aromatic N) is 2. The number of hydrogen-bond donors (Lipinski definition) is 2. The van der Waals surface area contributed by atoms with Crippen molar-refractivity contribution in [1.29, 1.82) is 0 Å². The first-order chi connectivity index (χ1) is 11.9. The first kappa shape index (κ1) is 19.8. The highest BCUT2D eigenvalue weighted by Crippen LogP contribution is 2.33. The second kappa shape index (κ2) is 10.5. The number of nitrogens with one attached hydrogen (secondary N) is 2. The van der Waals surface area contributed by atoms with E-state index in [1.807, 2.05) is 25.2 Å². The fourth-order valence-corrected chi connectivity index (χ4v) is 3.13. The van der Waals surface area contributed by atoms with Gasteiger partial charge in [0.2, 0.25) is 0 Å². The van der Waals surface area contributed by atoms with Crippen LogP contribution in [-0.4, -0.2) is 37.3 Å². The Hall–Kier alpha value is -1.54. The van der Waals surface area contributed by atoms with Gasteiger partial charge < -0.3 is 19.9 Å². The molecule has 1 saturated heterocycles. The minimum absolute atomic E-state index is 0. The van der Waals surface area contributed by atoms with E-state index in [0.717, 1.165) is 38.6 Å². The van der Waals surface area contributed by atoms with E-state index in [9.17, 15) is 0 Å². The molecule has 1 aliphatic heterocycles. The lowest BCUT2D eigenvalue weighted by atomic mass is 9.95. The minimum Gasteiger partial charge on any atom is -0.373 e. The maximum Gasteiger partial charge on any atom is 0.191 e. The van der Waals surface area contributed by atoms with Gasteiger partial charge >= 0.3 is 0 Å². The van der Waals surface area contributed by atoms with Crippen LogP contribution in [0.25, 0.3) is 0 Å². The van der Waals surface area contributed by atoms with Gasteiger partial charge in [-0.15, -0.1) is 24.0 Å². The fourth-order valence-electron chi connectivity index (χ4n) is 3.13. The van der Waals surface area contributed by atoms with Gasteiger partial charge in [0.15, 0.2) is 5.96 Å². The first-order valence-corrected chi connectivity index (χ1v) is 8.58. The van der Waals surface area contributed by atoms with E-state index in [-0.39, 0.29) is 30.1 Å². The molecule has 5 nitrogen and oxygen atoms in total. The van der Waals surface area contributed by atoms with Crippen LogP contribution in [0.3, 0.4) is 0 Å². The van der Waals surface area contributed by atoms with E-state index in [2.05, 4.69) is 56.9 Å². The number of ether oxygens (including phenoxy) is 1. The average molecular weight is 454 g/mol. The van der Waals surface area contributed by atoms with Crippen molar-refractivity contribution in [2.75, 3.05) is 26.7 Å². The molecule has 0 bridgehead atoms. The van der Waals surface area contributed by atoms with Gasteiger partial charge in [-0.25, -0.2) is 0 Å². The normalized spacial score (nSPS) is 20.1. The van der Waals surface area contributed by atoms with E-state index in [1.54, 1.807) is 0 Å². The summed E-state index contributed by atoms with van der Waals surface area (Å²) in [5.74, 6) is 1.32. The molecule has 3 rings (SSSR count).